The number of sulfone groups is 1. The van der Waals surface area contributed by atoms with Crippen LogP contribution in [-0.2, 0) is 19.4 Å². The van der Waals surface area contributed by atoms with Crippen molar-refractivity contribution >= 4 is 33.1 Å². The molecule has 0 fully saturated rings. The molecule has 0 aromatic heterocycles. The van der Waals surface area contributed by atoms with Gasteiger partial charge < -0.3 is 4.74 Å². The number of carbonyl (C=O) groups is 1. The second-order valence-corrected chi connectivity index (χ2v) is 6.31. The molecule has 0 heterocycles. The molecule has 0 atom stereocenters. The van der Waals surface area contributed by atoms with Gasteiger partial charge >= 0.3 is 5.97 Å². The molecule has 0 saturated carbocycles. The Labute approximate surface area is 123 Å². The molecule has 112 valence electrons. The van der Waals surface area contributed by atoms with Gasteiger partial charge in [-0.15, -0.1) is 0 Å². The van der Waals surface area contributed by atoms with Gasteiger partial charge in [-0.25, -0.2) is 13.2 Å². The minimum absolute atomic E-state index is 0.0279. The van der Waals surface area contributed by atoms with E-state index in [9.17, 15) is 13.2 Å². The van der Waals surface area contributed by atoms with Gasteiger partial charge in [0.15, 0.2) is 9.84 Å². The van der Waals surface area contributed by atoms with Crippen molar-refractivity contribution in [3.8, 4) is 0 Å². The van der Waals surface area contributed by atoms with Crippen molar-refractivity contribution in [1.82, 2.24) is 0 Å². The quantitative estimate of drug-likeness (QED) is 0.609. The summed E-state index contributed by atoms with van der Waals surface area (Å²) >= 11 is 6.14. The summed E-state index contributed by atoms with van der Waals surface area (Å²) in [5.41, 5.74) is 0.182. The molecule has 0 N–H and O–H groups in total. The summed E-state index contributed by atoms with van der Waals surface area (Å²) in [6.07, 6.45) is 1.05. The van der Waals surface area contributed by atoms with E-state index in [1.807, 2.05) is 0 Å². The number of nitrogens with zero attached hydrogens (tertiary/aromatic N) is 1. The van der Waals surface area contributed by atoms with Crippen molar-refractivity contribution in [3.05, 3.63) is 22.7 Å². The first-order valence-corrected chi connectivity index (χ1v) is 7.98. The van der Waals surface area contributed by atoms with Crippen molar-refractivity contribution in [3.63, 3.8) is 0 Å². The van der Waals surface area contributed by atoms with E-state index >= 15 is 0 Å². The van der Waals surface area contributed by atoms with Gasteiger partial charge in [0.1, 0.15) is 5.69 Å². The zero-order valence-corrected chi connectivity index (χ0v) is 13.2. The molecule has 8 heteroatoms. The Morgan fingerprint density at radius 3 is 2.45 bits per heavy atom. The predicted molar refractivity (Wildman–Crippen MR) is 75.9 cm³/mol. The van der Waals surface area contributed by atoms with E-state index in [0.717, 1.165) is 6.26 Å². The highest BCUT2D eigenvalue weighted by Crippen LogP contribution is 2.35. The van der Waals surface area contributed by atoms with Gasteiger partial charge in [-0.1, -0.05) is 11.6 Å². The van der Waals surface area contributed by atoms with Crippen molar-refractivity contribution in [2.24, 2.45) is 0 Å². The fourth-order valence-electron chi connectivity index (χ4n) is 1.60. The largest absolute Gasteiger partial charge is 0.462 e. The van der Waals surface area contributed by atoms with E-state index in [4.69, 9.17) is 21.2 Å². The van der Waals surface area contributed by atoms with Crippen LogP contribution in [0.2, 0.25) is 5.02 Å². The van der Waals surface area contributed by atoms with Gasteiger partial charge in [-0.2, -0.15) is 0 Å². The Morgan fingerprint density at radius 1 is 1.40 bits per heavy atom. The average molecular weight is 322 g/mol. The Hall–Kier alpha value is -1.31. The number of carbonyl (C=O) groups excluding carboxylic acids is 1. The SMILES string of the molecule is CCOC(=O)c1ccc(S(C)(=O)=O)c(N(C)OC)c1Cl. The molecule has 0 aliphatic rings. The fraction of sp³-hybridized carbons (Fsp3) is 0.417. The second-order valence-electron chi connectivity index (χ2n) is 3.95. The van der Waals surface area contributed by atoms with Crippen LogP contribution in [0.15, 0.2) is 17.0 Å². The third-order valence-electron chi connectivity index (χ3n) is 2.56. The zero-order valence-electron chi connectivity index (χ0n) is 11.6. The number of halogens is 1. The molecule has 0 aliphatic carbocycles. The van der Waals surface area contributed by atoms with Crippen LogP contribution in [0.1, 0.15) is 17.3 Å². The van der Waals surface area contributed by atoms with E-state index in [1.54, 1.807) is 6.92 Å². The molecule has 1 rings (SSSR count). The number of anilines is 1. The van der Waals surface area contributed by atoms with Gasteiger partial charge in [0, 0.05) is 13.3 Å². The van der Waals surface area contributed by atoms with E-state index in [-0.39, 0.29) is 27.8 Å². The first-order chi connectivity index (χ1) is 9.23. The average Bonchev–Trinajstić information content (AvgIpc) is 2.36. The summed E-state index contributed by atoms with van der Waals surface area (Å²) in [7, 11) is -0.673. The number of hydrogen-bond acceptors (Lipinski definition) is 6. The van der Waals surface area contributed by atoms with E-state index < -0.39 is 15.8 Å². The topological polar surface area (TPSA) is 72.9 Å². The van der Waals surface area contributed by atoms with Crippen LogP contribution >= 0.6 is 11.6 Å². The summed E-state index contributed by atoms with van der Waals surface area (Å²) in [5.74, 6) is -0.622. The smallest absolute Gasteiger partial charge is 0.339 e. The lowest BCUT2D eigenvalue weighted by molar-refractivity contribution is 0.0526. The molecular weight excluding hydrogens is 306 g/mol. The lowest BCUT2D eigenvalue weighted by Crippen LogP contribution is -2.20. The van der Waals surface area contributed by atoms with Crippen LogP contribution in [0.25, 0.3) is 0 Å². The highest BCUT2D eigenvalue weighted by atomic mass is 35.5. The van der Waals surface area contributed by atoms with E-state index in [2.05, 4.69) is 0 Å². The van der Waals surface area contributed by atoms with E-state index in [0.29, 0.717) is 0 Å². The molecule has 0 unspecified atom stereocenters. The van der Waals surface area contributed by atoms with Crippen molar-refractivity contribution < 1.29 is 22.8 Å². The summed E-state index contributed by atoms with van der Waals surface area (Å²) < 4.78 is 28.4. The lowest BCUT2D eigenvalue weighted by atomic mass is 10.2. The lowest BCUT2D eigenvalue weighted by Gasteiger charge is -2.21. The number of esters is 1. The Kier molecular flexibility index (Phi) is 5.38. The highest BCUT2D eigenvalue weighted by molar-refractivity contribution is 7.90. The van der Waals surface area contributed by atoms with Crippen LogP contribution in [0, 0.1) is 0 Å². The zero-order chi connectivity index (χ0) is 15.5. The third kappa shape index (κ3) is 3.41. The molecule has 20 heavy (non-hydrogen) atoms. The highest BCUT2D eigenvalue weighted by Gasteiger charge is 2.24. The van der Waals surface area contributed by atoms with Gasteiger partial charge in [0.25, 0.3) is 0 Å². The molecule has 0 saturated heterocycles. The third-order valence-corrected chi connectivity index (χ3v) is 4.07. The molecule has 1 aromatic rings. The molecule has 1 aromatic carbocycles. The maximum absolute atomic E-state index is 11.8. The maximum atomic E-state index is 11.8. The number of hydroxylamine groups is 1. The number of ether oxygens (including phenoxy) is 1. The molecule has 0 bridgehead atoms. The molecule has 0 spiro atoms. The Balaban J connectivity index is 3.55. The predicted octanol–water partition coefficient (Wildman–Crippen LogP) is 1.92. The normalized spacial score (nSPS) is 11.2. The number of hydrogen-bond donors (Lipinski definition) is 0. The second kappa shape index (κ2) is 6.43. The number of rotatable bonds is 5. The summed E-state index contributed by atoms with van der Waals surface area (Å²) in [6.45, 7) is 1.86. The monoisotopic (exact) mass is 321 g/mol. The van der Waals surface area contributed by atoms with E-state index in [1.165, 1.54) is 31.4 Å². The molecule has 0 aliphatic heterocycles. The van der Waals surface area contributed by atoms with Crippen LogP contribution in [0.5, 0.6) is 0 Å². The fourth-order valence-corrected chi connectivity index (χ4v) is 2.91. The van der Waals surface area contributed by atoms with Gasteiger partial charge in [-0.3, -0.25) is 9.90 Å². The minimum atomic E-state index is -3.52. The van der Waals surface area contributed by atoms with Crippen LogP contribution in [0.3, 0.4) is 0 Å². The standard InChI is InChI=1S/C12H16ClNO5S/c1-5-19-12(15)8-6-7-9(20(4,16)17)11(10(8)13)14(2)18-3/h6-7H,5H2,1-4H3. The molecular formula is C12H16ClNO5S. The van der Waals surface area contributed by atoms with Gasteiger partial charge in [-0.05, 0) is 19.1 Å². The first-order valence-electron chi connectivity index (χ1n) is 5.71. The molecule has 0 radical (unpaired) electrons. The maximum Gasteiger partial charge on any atom is 0.339 e. The summed E-state index contributed by atoms with van der Waals surface area (Å²) in [4.78, 5) is 16.7. The van der Waals surface area contributed by atoms with Crippen molar-refractivity contribution in [1.29, 1.82) is 0 Å². The molecule has 6 nitrogen and oxygen atoms in total. The van der Waals surface area contributed by atoms with Crippen LogP contribution < -0.4 is 5.06 Å². The minimum Gasteiger partial charge on any atom is -0.462 e. The van der Waals surface area contributed by atoms with Crippen LogP contribution in [0.4, 0.5) is 5.69 Å². The summed E-state index contributed by atoms with van der Waals surface area (Å²) in [6, 6.07) is 2.63. The van der Waals surface area contributed by atoms with Crippen molar-refractivity contribution in [2.75, 3.05) is 32.1 Å². The first kappa shape index (κ1) is 16.7. The van der Waals surface area contributed by atoms with Gasteiger partial charge in [0.05, 0.1) is 29.2 Å². The molecule has 0 amide bonds. The Morgan fingerprint density at radius 2 is 2.00 bits per heavy atom. The number of benzene rings is 1. The summed E-state index contributed by atoms with van der Waals surface area (Å²) in [5, 5.41) is 1.15. The Bertz CT molecular complexity index is 615. The van der Waals surface area contributed by atoms with Crippen LogP contribution in [-0.4, -0.2) is 41.4 Å². The van der Waals surface area contributed by atoms with Crippen molar-refractivity contribution in [2.45, 2.75) is 11.8 Å². The van der Waals surface area contributed by atoms with Gasteiger partial charge in [0.2, 0.25) is 0 Å².